The molecule has 0 unspecified atom stereocenters. The quantitative estimate of drug-likeness (QED) is 0.426. The summed E-state index contributed by atoms with van der Waals surface area (Å²) in [4.78, 5) is 12.5. The lowest BCUT2D eigenvalue weighted by Crippen LogP contribution is -2.04. The van der Waals surface area contributed by atoms with Crippen molar-refractivity contribution in [2.45, 2.75) is 19.5 Å². The van der Waals surface area contributed by atoms with E-state index >= 15 is 0 Å². The zero-order valence-corrected chi connectivity index (χ0v) is 16.2. The Morgan fingerprint density at radius 1 is 1.04 bits per heavy atom. The number of hydrogen-bond acceptors (Lipinski definition) is 3. The average molecular weight is 450 g/mol. The van der Waals surface area contributed by atoms with E-state index < -0.39 is 18.4 Å². The topological polar surface area (TPSA) is 48.5 Å². The van der Waals surface area contributed by atoms with Crippen LogP contribution in [0.4, 0.5) is 13.2 Å². The summed E-state index contributed by atoms with van der Waals surface area (Å²) in [6, 6.07) is 4.82. The second kappa shape index (κ2) is 7.75. The largest absolute Gasteiger partial charge is 0.324 e. The molecule has 4 rings (SSSR count). The molecule has 1 aromatic carbocycles. The predicted octanol–water partition coefficient (Wildman–Crippen LogP) is 4.74. The third-order valence-corrected chi connectivity index (χ3v) is 4.98. The van der Waals surface area contributed by atoms with Crippen molar-refractivity contribution in [3.63, 3.8) is 0 Å². The molecule has 0 aliphatic rings. The summed E-state index contributed by atoms with van der Waals surface area (Å²) in [5, 5.41) is 0. The fourth-order valence-electron chi connectivity index (χ4n) is 3.10. The SMILES string of the molecule is FCCCn1c(-c2cncc(Cn3cncc3F)c2)nc2cc(F)c(Br)cc21. The molecule has 3 heterocycles. The van der Waals surface area contributed by atoms with Gasteiger partial charge in [-0.1, -0.05) is 0 Å². The van der Waals surface area contributed by atoms with Crippen molar-refractivity contribution in [2.24, 2.45) is 0 Å². The predicted molar refractivity (Wildman–Crippen MR) is 103 cm³/mol. The highest BCUT2D eigenvalue weighted by atomic mass is 79.9. The van der Waals surface area contributed by atoms with Crippen molar-refractivity contribution in [3.05, 3.63) is 64.9 Å². The summed E-state index contributed by atoms with van der Waals surface area (Å²) in [5.74, 6) is -0.307. The van der Waals surface area contributed by atoms with E-state index in [1.807, 2.05) is 10.6 Å². The molecule has 9 heteroatoms. The summed E-state index contributed by atoms with van der Waals surface area (Å²) < 4.78 is 43.9. The van der Waals surface area contributed by atoms with E-state index in [9.17, 15) is 13.2 Å². The molecule has 4 aromatic rings. The fraction of sp³-hybridized carbons (Fsp3) is 0.211. The molecule has 0 aliphatic heterocycles. The van der Waals surface area contributed by atoms with Crippen LogP contribution in [0.25, 0.3) is 22.4 Å². The van der Waals surface area contributed by atoms with Gasteiger partial charge < -0.3 is 9.13 Å². The van der Waals surface area contributed by atoms with E-state index in [1.165, 1.54) is 17.0 Å². The van der Waals surface area contributed by atoms with Gasteiger partial charge in [0.15, 0.2) is 0 Å². The lowest BCUT2D eigenvalue weighted by molar-refractivity contribution is 0.450. The van der Waals surface area contributed by atoms with Gasteiger partial charge >= 0.3 is 0 Å². The zero-order chi connectivity index (χ0) is 19.7. The molecular weight excluding hydrogens is 435 g/mol. The zero-order valence-electron chi connectivity index (χ0n) is 14.6. The van der Waals surface area contributed by atoms with Gasteiger partial charge in [0.2, 0.25) is 5.95 Å². The molecule has 0 saturated heterocycles. The van der Waals surface area contributed by atoms with Gasteiger partial charge in [-0.2, -0.15) is 4.39 Å². The third kappa shape index (κ3) is 3.54. The summed E-state index contributed by atoms with van der Waals surface area (Å²) in [6.45, 7) is 0.179. The molecule has 0 N–H and O–H groups in total. The van der Waals surface area contributed by atoms with Gasteiger partial charge in [-0.3, -0.25) is 9.37 Å². The highest BCUT2D eigenvalue weighted by Gasteiger charge is 2.16. The van der Waals surface area contributed by atoms with Gasteiger partial charge in [-0.15, -0.1) is 0 Å². The Balaban J connectivity index is 1.79. The minimum Gasteiger partial charge on any atom is -0.324 e. The van der Waals surface area contributed by atoms with Crippen LogP contribution < -0.4 is 0 Å². The fourth-order valence-corrected chi connectivity index (χ4v) is 3.43. The molecule has 0 spiro atoms. The van der Waals surface area contributed by atoms with Crippen LogP contribution in [-0.2, 0) is 13.1 Å². The van der Waals surface area contributed by atoms with Crippen molar-refractivity contribution in [3.8, 4) is 11.4 Å². The van der Waals surface area contributed by atoms with Gasteiger partial charge in [-0.25, -0.2) is 14.4 Å². The molecule has 0 saturated carbocycles. The van der Waals surface area contributed by atoms with Crippen LogP contribution in [0.1, 0.15) is 12.0 Å². The number of aryl methyl sites for hydroxylation is 1. The van der Waals surface area contributed by atoms with Crippen molar-refractivity contribution in [2.75, 3.05) is 6.67 Å². The number of halogens is 4. The van der Waals surface area contributed by atoms with Crippen LogP contribution in [0.2, 0.25) is 0 Å². The van der Waals surface area contributed by atoms with Crippen molar-refractivity contribution in [1.29, 1.82) is 0 Å². The second-order valence-electron chi connectivity index (χ2n) is 6.31. The maximum Gasteiger partial charge on any atom is 0.213 e. The molecule has 5 nitrogen and oxygen atoms in total. The van der Waals surface area contributed by atoms with Gasteiger partial charge in [0.05, 0.1) is 41.2 Å². The Hall–Kier alpha value is -2.68. The number of hydrogen-bond donors (Lipinski definition) is 0. The second-order valence-corrected chi connectivity index (χ2v) is 7.17. The van der Waals surface area contributed by atoms with Gasteiger partial charge in [0.1, 0.15) is 11.6 Å². The smallest absolute Gasteiger partial charge is 0.213 e. The van der Waals surface area contributed by atoms with E-state index in [2.05, 4.69) is 30.9 Å². The van der Waals surface area contributed by atoms with Gasteiger partial charge in [0, 0.05) is 30.6 Å². The lowest BCUT2D eigenvalue weighted by Gasteiger charge is -2.10. The number of alkyl halides is 1. The van der Waals surface area contributed by atoms with E-state index in [-0.39, 0.29) is 6.54 Å². The van der Waals surface area contributed by atoms with E-state index in [1.54, 1.807) is 18.5 Å². The van der Waals surface area contributed by atoms with Gasteiger partial charge in [0.25, 0.3) is 0 Å². The molecule has 0 fully saturated rings. The third-order valence-electron chi connectivity index (χ3n) is 4.37. The minimum atomic E-state index is -0.473. The number of pyridine rings is 1. The van der Waals surface area contributed by atoms with Gasteiger partial charge in [-0.05, 0) is 40.0 Å². The highest BCUT2D eigenvalue weighted by molar-refractivity contribution is 9.10. The van der Waals surface area contributed by atoms with E-state index in [0.717, 1.165) is 11.8 Å². The Bertz CT molecular complexity index is 1140. The molecule has 144 valence electrons. The number of fused-ring (bicyclic) bond motifs is 1. The summed E-state index contributed by atoms with van der Waals surface area (Å²) >= 11 is 3.19. The van der Waals surface area contributed by atoms with Crippen molar-refractivity contribution >= 4 is 27.0 Å². The molecule has 0 atom stereocenters. The monoisotopic (exact) mass is 449 g/mol. The first-order valence-corrected chi connectivity index (χ1v) is 9.37. The number of aromatic nitrogens is 5. The Labute approximate surface area is 167 Å². The minimum absolute atomic E-state index is 0.261. The summed E-state index contributed by atoms with van der Waals surface area (Å²) in [7, 11) is 0. The molecule has 3 aromatic heterocycles. The standard InChI is InChI=1S/C19H15BrF3N5/c20-14-5-17-16(6-15(14)22)26-19(28(17)3-1-2-21)13-4-12(7-24-8-13)10-27-11-25-9-18(27)23/h4-9,11H,1-3,10H2. The molecule has 0 aliphatic carbocycles. The number of rotatable bonds is 6. The Kier molecular flexibility index (Phi) is 5.17. The van der Waals surface area contributed by atoms with Crippen molar-refractivity contribution in [1.82, 2.24) is 24.1 Å². The molecule has 0 bridgehead atoms. The molecule has 0 amide bonds. The molecule has 0 radical (unpaired) electrons. The van der Waals surface area contributed by atoms with E-state index in [0.29, 0.717) is 39.9 Å². The first-order valence-electron chi connectivity index (χ1n) is 8.58. The summed E-state index contributed by atoms with van der Waals surface area (Å²) in [6.07, 6.45) is 6.11. The average Bonchev–Trinajstić information content (AvgIpc) is 3.24. The van der Waals surface area contributed by atoms with Crippen molar-refractivity contribution < 1.29 is 13.2 Å². The van der Waals surface area contributed by atoms with Crippen LogP contribution in [0.3, 0.4) is 0 Å². The van der Waals surface area contributed by atoms with E-state index in [4.69, 9.17) is 0 Å². The van der Waals surface area contributed by atoms with Crippen LogP contribution in [0, 0.1) is 11.8 Å². The van der Waals surface area contributed by atoms with Crippen LogP contribution in [0.15, 0.2) is 47.6 Å². The maximum absolute atomic E-state index is 13.9. The van der Waals surface area contributed by atoms with Crippen LogP contribution in [0.5, 0.6) is 0 Å². The normalized spacial score (nSPS) is 11.4. The number of benzene rings is 1. The molecule has 28 heavy (non-hydrogen) atoms. The first-order chi connectivity index (χ1) is 13.6. The Morgan fingerprint density at radius 3 is 2.64 bits per heavy atom. The lowest BCUT2D eigenvalue weighted by atomic mass is 10.2. The highest BCUT2D eigenvalue weighted by Crippen LogP contribution is 2.29. The summed E-state index contributed by atoms with van der Waals surface area (Å²) in [5.41, 5.74) is 2.61. The number of imidazole rings is 2. The van der Waals surface area contributed by atoms with Crippen LogP contribution >= 0.6 is 15.9 Å². The van der Waals surface area contributed by atoms with Crippen LogP contribution in [-0.4, -0.2) is 30.8 Å². The number of nitrogens with zero attached hydrogens (tertiary/aromatic N) is 5. The maximum atomic E-state index is 13.9. The molecular formula is C19H15BrF3N5. The first kappa shape index (κ1) is 18.7. The Morgan fingerprint density at radius 2 is 1.89 bits per heavy atom.